The zero-order chi connectivity index (χ0) is 29.4. The van der Waals surface area contributed by atoms with Crippen molar-refractivity contribution in [1.29, 1.82) is 0 Å². The van der Waals surface area contributed by atoms with Crippen LogP contribution in [0.4, 0.5) is 0 Å². The number of nitrogens with two attached hydrogens (primary N) is 1. The van der Waals surface area contributed by atoms with Gasteiger partial charge in [0.15, 0.2) is 17.4 Å². The molecule has 2 heterocycles. The Labute approximate surface area is 289 Å². The maximum Gasteiger partial charge on any atom is 1.00 e. The minimum Gasteiger partial charge on any atom is -1.00 e. The van der Waals surface area contributed by atoms with E-state index in [0.29, 0.717) is 0 Å². The van der Waals surface area contributed by atoms with E-state index in [1.54, 1.807) is 0 Å². The van der Waals surface area contributed by atoms with Gasteiger partial charge in [-0.15, -0.1) is 0 Å². The molecule has 0 atom stereocenters. The van der Waals surface area contributed by atoms with Crippen molar-refractivity contribution in [3.05, 3.63) is 132 Å². The van der Waals surface area contributed by atoms with Crippen molar-refractivity contribution in [2.45, 2.75) is 36.6 Å². The average Bonchev–Trinajstić information content (AvgIpc) is 3.07. The molecule has 0 aliphatic carbocycles. The van der Waals surface area contributed by atoms with Gasteiger partial charge in [-0.1, -0.05) is 103 Å². The van der Waals surface area contributed by atoms with E-state index in [4.69, 9.17) is 12.3 Å². The van der Waals surface area contributed by atoms with Gasteiger partial charge in [0.05, 0.1) is 0 Å². The predicted molar refractivity (Wildman–Crippen MR) is 187 cm³/mol. The van der Waals surface area contributed by atoms with Gasteiger partial charge < -0.3 is 21.8 Å². The van der Waals surface area contributed by atoms with Gasteiger partial charge in [0.2, 0.25) is 0 Å². The molecule has 6 heteroatoms. The molecule has 0 saturated carbocycles. The van der Waals surface area contributed by atoms with Crippen LogP contribution in [0.25, 0.3) is 27.1 Å². The third-order valence-electron chi connectivity index (χ3n) is 9.45. The molecule has 0 amide bonds. The summed E-state index contributed by atoms with van der Waals surface area (Å²) in [6, 6.07) is 38.5. The Kier molecular flexibility index (Phi) is 13.5. The van der Waals surface area contributed by atoms with Crippen molar-refractivity contribution in [3.63, 3.8) is 0 Å². The van der Waals surface area contributed by atoms with Crippen molar-refractivity contribution in [2.24, 2.45) is 5.73 Å². The first-order chi connectivity index (χ1) is 20.5. The molecule has 0 unspecified atom stereocenters. The molecule has 224 valence electrons. The summed E-state index contributed by atoms with van der Waals surface area (Å²) in [5.41, 5.74) is 13.6. The summed E-state index contributed by atoms with van der Waals surface area (Å²) in [5, 5.41) is 0. The maximum absolute atomic E-state index is 7.73. The van der Waals surface area contributed by atoms with E-state index in [1.165, 1.54) is 33.4 Å². The first-order valence-corrected chi connectivity index (χ1v) is 15.2. The largest absolute Gasteiger partial charge is 1.00 e. The van der Waals surface area contributed by atoms with Crippen LogP contribution < -0.4 is 24.6 Å². The third kappa shape index (κ3) is 8.34. The smallest absolute Gasteiger partial charge is 1.00 e. The second-order valence-corrected chi connectivity index (χ2v) is 12.1. The fraction of sp³-hybridized carbons (Fsp3) is 0.342. The minimum atomic E-state index is -0.336. The second kappa shape index (κ2) is 16.6. The van der Waals surface area contributed by atoms with Crippen LogP contribution >= 0.6 is 0 Å². The Bertz CT molecular complexity index is 1480. The van der Waals surface area contributed by atoms with Gasteiger partial charge in [-0.05, 0) is 73.9 Å². The fourth-order valence-electron chi connectivity index (χ4n) is 6.39. The molecule has 2 aliphatic heterocycles. The van der Waals surface area contributed by atoms with Crippen molar-refractivity contribution < 1.29 is 20.3 Å². The first-order valence-electron chi connectivity index (χ1n) is 15.2. The third-order valence-corrected chi connectivity index (χ3v) is 9.45. The van der Waals surface area contributed by atoms with Gasteiger partial charge in [0.25, 0.3) is 5.54 Å². The van der Waals surface area contributed by atoms with E-state index in [0.717, 1.165) is 58.4 Å². The van der Waals surface area contributed by atoms with E-state index in [-0.39, 0.29) is 48.6 Å². The van der Waals surface area contributed by atoms with E-state index >= 15 is 0 Å². The van der Waals surface area contributed by atoms with Crippen LogP contribution in [-0.4, -0.2) is 74.0 Å². The summed E-state index contributed by atoms with van der Waals surface area (Å²) in [4.78, 5) is 8.75. The van der Waals surface area contributed by atoms with Crippen LogP contribution in [0.15, 0.2) is 109 Å². The summed E-state index contributed by atoms with van der Waals surface area (Å²) < 4.78 is 0. The van der Waals surface area contributed by atoms with Gasteiger partial charge in [-0.3, -0.25) is 0 Å². The second-order valence-electron chi connectivity index (χ2n) is 12.1. The molecule has 44 heavy (non-hydrogen) atoms. The monoisotopic (exact) mass is 594 g/mol. The number of likely N-dealkylation sites (tertiary alicyclic amines) is 2. The Morgan fingerprint density at radius 3 is 1.50 bits per heavy atom. The Hall–Kier alpha value is -2.62. The molecule has 2 fully saturated rings. The Balaban J connectivity index is 0.000000294. The van der Waals surface area contributed by atoms with Crippen LogP contribution in [0.3, 0.4) is 0 Å². The topological polar surface area (TPSA) is 36.9 Å². The number of rotatable bonds is 5. The maximum atomic E-state index is 7.73. The van der Waals surface area contributed by atoms with Crippen molar-refractivity contribution >= 4 is 17.4 Å². The van der Waals surface area contributed by atoms with Crippen LogP contribution in [-0.2, 0) is 11.0 Å². The standard InChI is InChI=1S/C19H20N2.C19H24N2.Al.Li.4H/c1-20-19(11-13-21(2)14-12-19)18-10-6-9-17(15-18)16-7-4-3-5-8-16;1-21-12-10-19(15-20,11-13-21)18-9-5-8-17(14-18)16-6-3-2-4-7-16;;;;;;/h3-10,15H,11-14H2,2H3;2-9,14H,10-13,15,20H2,1H3;;;;;;/q;;;+1;;;;-1. The van der Waals surface area contributed by atoms with Crippen LogP contribution in [0.5, 0.6) is 0 Å². The summed E-state index contributed by atoms with van der Waals surface area (Å²) >= 11 is 0. The van der Waals surface area contributed by atoms with Crippen molar-refractivity contribution in [2.75, 3.05) is 46.8 Å². The van der Waals surface area contributed by atoms with E-state index in [2.05, 4.69) is 132 Å². The first kappa shape index (κ1) is 35.9. The molecule has 6 rings (SSSR count). The summed E-state index contributed by atoms with van der Waals surface area (Å²) in [7, 11) is 4.33. The summed E-state index contributed by atoms with van der Waals surface area (Å²) in [6.07, 6.45) is 4.15. The van der Waals surface area contributed by atoms with Gasteiger partial charge in [-0.25, -0.2) is 6.57 Å². The molecule has 0 bridgehead atoms. The quantitative estimate of drug-likeness (QED) is 0.285. The fourth-order valence-corrected chi connectivity index (χ4v) is 6.39. The normalized spacial score (nSPS) is 17.5. The van der Waals surface area contributed by atoms with Crippen LogP contribution in [0, 0.1) is 6.57 Å². The predicted octanol–water partition coefficient (Wildman–Crippen LogP) is 3.40. The molecule has 0 radical (unpaired) electrons. The van der Waals surface area contributed by atoms with Crippen LogP contribution in [0.2, 0.25) is 0 Å². The summed E-state index contributed by atoms with van der Waals surface area (Å²) in [6.45, 7) is 12.7. The zero-order valence-corrected chi connectivity index (χ0v) is 26.2. The van der Waals surface area contributed by atoms with Crippen LogP contribution in [0.1, 0.15) is 38.2 Å². The average molecular weight is 595 g/mol. The van der Waals surface area contributed by atoms with E-state index < -0.39 is 0 Å². The van der Waals surface area contributed by atoms with Crippen molar-refractivity contribution in [1.82, 2.24) is 9.80 Å². The number of nitrogens with zero attached hydrogens (tertiary/aromatic N) is 3. The molecule has 2 aliphatic rings. The molecular formula is C38H48AlLiN4. The Morgan fingerprint density at radius 1 is 0.636 bits per heavy atom. The van der Waals surface area contributed by atoms with Gasteiger partial charge >= 0.3 is 18.9 Å². The number of hydrogen-bond acceptors (Lipinski definition) is 3. The molecule has 2 saturated heterocycles. The van der Waals surface area contributed by atoms with Crippen molar-refractivity contribution in [3.8, 4) is 22.3 Å². The minimum absolute atomic E-state index is 0. The van der Waals surface area contributed by atoms with Gasteiger partial charge in [0, 0.05) is 43.5 Å². The van der Waals surface area contributed by atoms with Gasteiger partial charge in [0.1, 0.15) is 0 Å². The summed E-state index contributed by atoms with van der Waals surface area (Å²) in [5.74, 6) is 0. The molecule has 4 nitrogen and oxygen atoms in total. The van der Waals surface area contributed by atoms with E-state index in [9.17, 15) is 0 Å². The Morgan fingerprint density at radius 2 is 1.05 bits per heavy atom. The molecule has 0 spiro atoms. The SMILES string of the molecule is CN1CCC(CN)(c2cccc(-c3ccccc3)c2)CC1.[AlH3].[C-]#[N+]C1(c2cccc(-c3ccccc3)c2)CCN(C)CC1.[H-].[Li+]. The number of hydrogen-bond donors (Lipinski definition) is 1. The molecule has 4 aromatic rings. The molecule has 2 N–H and O–H groups in total. The molecule has 4 aromatic carbocycles. The number of piperidine rings is 2. The number of benzene rings is 4. The molecule has 0 aromatic heterocycles. The van der Waals surface area contributed by atoms with E-state index in [1.807, 2.05) is 6.07 Å². The molecular weight excluding hydrogens is 546 g/mol. The zero-order valence-electron chi connectivity index (χ0n) is 27.2. The van der Waals surface area contributed by atoms with Gasteiger partial charge in [-0.2, -0.15) is 0 Å².